The van der Waals surface area contributed by atoms with E-state index in [-0.39, 0.29) is 5.41 Å². The molecule has 0 spiro atoms. The fourth-order valence-electron chi connectivity index (χ4n) is 9.80. The number of hydrogen-bond donors (Lipinski definition) is 0. The van der Waals surface area contributed by atoms with Crippen LogP contribution in [0.5, 0.6) is 0 Å². The van der Waals surface area contributed by atoms with Gasteiger partial charge in [0.2, 0.25) is 5.95 Å². The number of fused-ring (bicyclic) bond motifs is 12. The first-order valence-electron chi connectivity index (χ1n) is 17.8. The molecule has 3 aromatic heterocycles. The molecule has 3 nitrogen and oxygen atoms in total. The summed E-state index contributed by atoms with van der Waals surface area (Å²) in [7, 11) is 0. The van der Waals surface area contributed by atoms with Crippen molar-refractivity contribution in [2.75, 3.05) is 0 Å². The second kappa shape index (κ2) is 10.2. The van der Waals surface area contributed by atoms with Crippen molar-refractivity contribution in [1.29, 1.82) is 0 Å². The zero-order valence-corrected chi connectivity index (χ0v) is 28.3. The number of rotatable bonds is 3. The van der Waals surface area contributed by atoms with Gasteiger partial charge in [-0.1, -0.05) is 129 Å². The molecule has 236 valence electrons. The Kier molecular flexibility index (Phi) is 5.81. The Bertz CT molecular complexity index is 2700. The molecule has 11 rings (SSSR count). The first kappa shape index (κ1) is 27.8. The summed E-state index contributed by atoms with van der Waals surface area (Å²) in [6, 6.07) is 44.6. The van der Waals surface area contributed by atoms with Crippen molar-refractivity contribution in [3.63, 3.8) is 0 Å². The summed E-state index contributed by atoms with van der Waals surface area (Å²) in [5.41, 5.74) is 7.24. The smallest absolute Gasteiger partial charge is 0.235 e. The van der Waals surface area contributed by atoms with E-state index in [0.29, 0.717) is 0 Å². The summed E-state index contributed by atoms with van der Waals surface area (Å²) < 4.78 is 4.77. The van der Waals surface area contributed by atoms with Crippen molar-refractivity contribution in [1.82, 2.24) is 14.5 Å². The molecule has 3 atom stereocenters. The van der Waals surface area contributed by atoms with Crippen LogP contribution in [0.4, 0.5) is 0 Å². The van der Waals surface area contributed by atoms with Gasteiger partial charge in [0.05, 0.1) is 26.9 Å². The SMILES string of the molecule is CC1(c2cccc(-c3nc(-n4c5c6ccccc6ccc5c5ccc6ccccc6c54)nc4c3sc3ccccc34)c2)CC2CC[C@@H](C2)C1. The maximum atomic E-state index is 5.64. The van der Waals surface area contributed by atoms with Crippen LogP contribution in [0.15, 0.2) is 121 Å². The molecule has 2 unspecified atom stereocenters. The van der Waals surface area contributed by atoms with Gasteiger partial charge in [0.1, 0.15) is 0 Å². The maximum absolute atomic E-state index is 5.64. The van der Waals surface area contributed by atoms with Gasteiger partial charge >= 0.3 is 0 Å². The molecular weight excluding hydrogens is 615 g/mol. The van der Waals surface area contributed by atoms with Crippen LogP contribution in [0.1, 0.15) is 44.6 Å². The standard InChI is InChI=1S/C45H35N3S/c1-45(25-27-17-18-28(23-27)26-45)32-12-8-11-31(24-32)39-43-40(37-15-6-7-16-38(37)49-43)47-44(46-39)48-41-33-13-4-2-9-29(33)19-21-35(41)36-22-20-30-10-3-5-14-34(30)42(36)48/h2-16,19-22,24,27-28H,17-18,23,25-26H2,1H3/t27-,28?,45?/m0/s1. The molecule has 0 radical (unpaired) electrons. The average Bonchev–Trinajstić information content (AvgIpc) is 3.82. The normalized spacial score (nSPS) is 20.8. The highest BCUT2D eigenvalue weighted by Gasteiger charge is 2.42. The predicted molar refractivity (Wildman–Crippen MR) is 207 cm³/mol. The Hall–Kier alpha value is -5.06. The minimum absolute atomic E-state index is 0.208. The Morgan fingerprint density at radius 1 is 0.633 bits per heavy atom. The quantitative estimate of drug-likeness (QED) is 0.191. The zero-order chi connectivity index (χ0) is 32.3. The summed E-state index contributed by atoms with van der Waals surface area (Å²) in [6.45, 7) is 2.52. The van der Waals surface area contributed by atoms with Gasteiger partial charge in [-0.2, -0.15) is 0 Å². The minimum atomic E-state index is 0.208. The summed E-state index contributed by atoms with van der Waals surface area (Å²) in [4.78, 5) is 11.2. The lowest BCUT2D eigenvalue weighted by atomic mass is 9.66. The second-order valence-electron chi connectivity index (χ2n) is 14.9. The first-order chi connectivity index (χ1) is 24.1. The van der Waals surface area contributed by atoms with Crippen molar-refractivity contribution in [3.05, 3.63) is 127 Å². The van der Waals surface area contributed by atoms with E-state index in [9.17, 15) is 0 Å². The van der Waals surface area contributed by atoms with E-state index in [4.69, 9.17) is 9.97 Å². The molecular formula is C45H35N3S. The lowest BCUT2D eigenvalue weighted by molar-refractivity contribution is 0.232. The third-order valence-electron chi connectivity index (χ3n) is 11.9. The lowest BCUT2D eigenvalue weighted by Gasteiger charge is -2.38. The third-order valence-corrected chi connectivity index (χ3v) is 13.1. The molecule has 6 aromatic carbocycles. The lowest BCUT2D eigenvalue weighted by Crippen LogP contribution is -2.30. The largest absolute Gasteiger partial charge is 0.277 e. The van der Waals surface area contributed by atoms with Gasteiger partial charge in [0.15, 0.2) is 0 Å². The number of hydrogen-bond acceptors (Lipinski definition) is 3. The summed E-state index contributed by atoms with van der Waals surface area (Å²) in [6.07, 6.45) is 6.82. The van der Waals surface area contributed by atoms with E-state index in [1.54, 1.807) is 0 Å². The molecule has 4 heteroatoms. The van der Waals surface area contributed by atoms with Gasteiger partial charge in [-0.05, 0) is 65.0 Å². The molecule has 9 aromatic rings. The van der Waals surface area contributed by atoms with Crippen molar-refractivity contribution < 1.29 is 0 Å². The van der Waals surface area contributed by atoms with Crippen LogP contribution in [0.2, 0.25) is 0 Å². The Labute approximate surface area is 288 Å². The minimum Gasteiger partial charge on any atom is -0.277 e. The van der Waals surface area contributed by atoms with Gasteiger partial charge in [-0.3, -0.25) is 4.57 Å². The highest BCUT2D eigenvalue weighted by molar-refractivity contribution is 7.26. The first-order valence-corrected chi connectivity index (χ1v) is 18.6. The molecule has 2 saturated carbocycles. The van der Waals surface area contributed by atoms with E-state index in [1.165, 1.54) is 85.6 Å². The molecule has 2 fully saturated rings. The van der Waals surface area contributed by atoms with Crippen LogP contribution in [0.25, 0.3) is 80.9 Å². The van der Waals surface area contributed by atoms with Gasteiger partial charge in [-0.15, -0.1) is 11.3 Å². The fraction of sp³-hybridized carbons (Fsp3) is 0.200. The van der Waals surface area contributed by atoms with Crippen molar-refractivity contribution in [3.8, 4) is 17.2 Å². The van der Waals surface area contributed by atoms with Crippen molar-refractivity contribution in [2.45, 2.75) is 44.4 Å². The van der Waals surface area contributed by atoms with Gasteiger partial charge in [0.25, 0.3) is 0 Å². The van der Waals surface area contributed by atoms with Crippen LogP contribution in [0.3, 0.4) is 0 Å². The van der Waals surface area contributed by atoms with E-state index >= 15 is 0 Å². The molecule has 0 amide bonds. The molecule has 0 N–H and O–H groups in total. The summed E-state index contributed by atoms with van der Waals surface area (Å²) in [5, 5.41) is 8.49. The molecule has 2 bridgehead atoms. The highest BCUT2D eigenvalue weighted by atomic mass is 32.1. The highest BCUT2D eigenvalue weighted by Crippen LogP contribution is 2.52. The zero-order valence-electron chi connectivity index (χ0n) is 27.5. The van der Waals surface area contributed by atoms with E-state index in [1.807, 2.05) is 11.3 Å². The van der Waals surface area contributed by atoms with Crippen LogP contribution in [0, 0.1) is 11.8 Å². The van der Waals surface area contributed by atoms with Crippen LogP contribution >= 0.6 is 11.3 Å². The Morgan fingerprint density at radius 3 is 1.96 bits per heavy atom. The Balaban J connectivity index is 1.25. The topological polar surface area (TPSA) is 30.7 Å². The van der Waals surface area contributed by atoms with Crippen LogP contribution < -0.4 is 0 Å². The monoisotopic (exact) mass is 649 g/mol. The van der Waals surface area contributed by atoms with E-state index in [0.717, 1.165) is 44.7 Å². The number of nitrogens with zero attached hydrogens (tertiary/aromatic N) is 3. The van der Waals surface area contributed by atoms with E-state index in [2.05, 4.69) is 133 Å². The molecule has 0 aliphatic heterocycles. The molecule has 49 heavy (non-hydrogen) atoms. The summed E-state index contributed by atoms with van der Waals surface area (Å²) in [5.74, 6) is 2.46. The van der Waals surface area contributed by atoms with Gasteiger partial charge in [0, 0.05) is 37.2 Å². The van der Waals surface area contributed by atoms with Crippen molar-refractivity contribution >= 4 is 75.0 Å². The number of aromatic nitrogens is 3. The summed E-state index contributed by atoms with van der Waals surface area (Å²) >= 11 is 1.82. The Morgan fingerprint density at radius 2 is 1.27 bits per heavy atom. The second-order valence-corrected chi connectivity index (χ2v) is 16.0. The molecule has 0 saturated heterocycles. The molecule has 2 aliphatic carbocycles. The fourth-order valence-corrected chi connectivity index (χ4v) is 11.0. The third kappa shape index (κ3) is 4.07. The van der Waals surface area contributed by atoms with E-state index < -0.39 is 0 Å². The predicted octanol–water partition coefficient (Wildman–Crippen LogP) is 12.4. The van der Waals surface area contributed by atoms with Crippen LogP contribution in [-0.4, -0.2) is 14.5 Å². The van der Waals surface area contributed by atoms with Gasteiger partial charge in [-0.25, -0.2) is 9.97 Å². The molecule has 3 heterocycles. The van der Waals surface area contributed by atoms with Crippen LogP contribution in [-0.2, 0) is 5.41 Å². The average molecular weight is 650 g/mol. The van der Waals surface area contributed by atoms with Gasteiger partial charge < -0.3 is 0 Å². The number of thiophene rings is 1. The number of benzene rings is 6. The maximum Gasteiger partial charge on any atom is 0.235 e. The molecule has 2 aliphatic rings. The van der Waals surface area contributed by atoms with Crippen molar-refractivity contribution in [2.24, 2.45) is 11.8 Å².